The Hall–Kier alpha value is -0.426. The van der Waals surface area contributed by atoms with Crippen molar-refractivity contribution in [2.75, 3.05) is 28.2 Å². The third kappa shape index (κ3) is 2.93. The molecule has 2 nitrogen and oxygen atoms in total. The van der Waals surface area contributed by atoms with Crippen molar-refractivity contribution in [2.24, 2.45) is 0 Å². The van der Waals surface area contributed by atoms with Gasteiger partial charge in [0, 0.05) is 0 Å². The highest BCUT2D eigenvalue weighted by Crippen LogP contribution is 2.08. The molecule has 0 atom stereocenters. The van der Waals surface area contributed by atoms with E-state index in [1.54, 1.807) is 0 Å². The maximum Gasteiger partial charge on any atom is 0.153 e. The Kier molecular flexibility index (Phi) is 4.59. The first kappa shape index (κ1) is 15.6. The van der Waals surface area contributed by atoms with Crippen LogP contribution in [0, 0.1) is 0 Å². The van der Waals surface area contributed by atoms with Gasteiger partial charge < -0.3 is 9.13 Å². The van der Waals surface area contributed by atoms with Gasteiger partial charge in [0.15, 0.2) is 16.5 Å². The SMILES string of the molecule is CN(C)[Si](C)(C)c1ccc([Si](C)(C)N(C)C)cc1. The second-order valence-electron chi connectivity index (χ2n) is 6.48. The van der Waals surface area contributed by atoms with E-state index in [1.165, 1.54) is 10.4 Å². The lowest BCUT2D eigenvalue weighted by molar-refractivity contribution is 0.632. The van der Waals surface area contributed by atoms with Crippen LogP contribution < -0.4 is 10.4 Å². The average molecular weight is 281 g/mol. The molecule has 102 valence electrons. The zero-order chi connectivity index (χ0) is 14.1. The van der Waals surface area contributed by atoms with Crippen LogP contribution in [0.15, 0.2) is 24.3 Å². The van der Waals surface area contributed by atoms with Crippen LogP contribution in [0.4, 0.5) is 0 Å². The Balaban J connectivity index is 3.08. The molecule has 0 radical (unpaired) electrons. The normalized spacial score (nSPS) is 13.4. The van der Waals surface area contributed by atoms with Crippen LogP contribution in [0.3, 0.4) is 0 Å². The third-order valence-corrected chi connectivity index (χ3v) is 12.5. The standard InChI is InChI=1S/C14H28N2Si2/c1-15(2)17(5,6)13-9-11-14(12-10-13)18(7,8)16(3)4/h9-12H,1-8H3. The highest BCUT2D eigenvalue weighted by atomic mass is 28.3. The van der Waals surface area contributed by atoms with Crippen LogP contribution in [-0.2, 0) is 0 Å². The van der Waals surface area contributed by atoms with Crippen molar-refractivity contribution in [3.63, 3.8) is 0 Å². The fourth-order valence-electron chi connectivity index (χ4n) is 1.80. The minimum absolute atomic E-state index is 1.43. The molecular formula is C14H28N2Si2. The van der Waals surface area contributed by atoms with Gasteiger partial charge in [-0.1, -0.05) is 50.5 Å². The van der Waals surface area contributed by atoms with Crippen LogP contribution in [0.2, 0.25) is 26.2 Å². The lowest BCUT2D eigenvalue weighted by Crippen LogP contribution is -2.57. The van der Waals surface area contributed by atoms with Gasteiger partial charge in [-0.2, -0.15) is 0 Å². The minimum atomic E-state index is -1.43. The van der Waals surface area contributed by atoms with Gasteiger partial charge in [0.05, 0.1) is 0 Å². The Morgan fingerprint density at radius 3 is 1.00 bits per heavy atom. The van der Waals surface area contributed by atoms with Gasteiger partial charge in [0.25, 0.3) is 0 Å². The molecule has 0 fully saturated rings. The molecule has 0 spiro atoms. The maximum absolute atomic E-state index is 2.40. The minimum Gasteiger partial charge on any atom is -0.326 e. The quantitative estimate of drug-likeness (QED) is 0.774. The summed E-state index contributed by atoms with van der Waals surface area (Å²) in [5.74, 6) is 0. The second-order valence-corrected chi connectivity index (χ2v) is 15.7. The lowest BCUT2D eigenvalue weighted by atomic mass is 10.4. The molecule has 4 heteroatoms. The summed E-state index contributed by atoms with van der Waals surface area (Å²) in [4.78, 5) is 0. The van der Waals surface area contributed by atoms with Crippen LogP contribution in [-0.4, -0.2) is 53.8 Å². The van der Waals surface area contributed by atoms with E-state index >= 15 is 0 Å². The van der Waals surface area contributed by atoms with Crippen molar-refractivity contribution in [2.45, 2.75) is 26.2 Å². The predicted octanol–water partition coefficient (Wildman–Crippen LogP) is 1.63. The summed E-state index contributed by atoms with van der Waals surface area (Å²) in [6, 6.07) is 9.39. The highest BCUT2D eigenvalue weighted by Gasteiger charge is 2.29. The lowest BCUT2D eigenvalue weighted by Gasteiger charge is -2.33. The highest BCUT2D eigenvalue weighted by molar-refractivity contribution is 6.88. The number of nitrogens with zero attached hydrogens (tertiary/aromatic N) is 2. The van der Waals surface area contributed by atoms with Gasteiger partial charge in [-0.05, 0) is 38.6 Å². The summed E-state index contributed by atoms with van der Waals surface area (Å²) in [5.41, 5.74) is 0. The Labute approximate surface area is 115 Å². The van der Waals surface area contributed by atoms with E-state index < -0.39 is 16.5 Å². The molecule has 1 aromatic carbocycles. The summed E-state index contributed by atoms with van der Waals surface area (Å²) < 4.78 is 4.80. The van der Waals surface area contributed by atoms with E-state index in [1.807, 2.05) is 0 Å². The van der Waals surface area contributed by atoms with E-state index in [9.17, 15) is 0 Å². The summed E-state index contributed by atoms with van der Waals surface area (Å²) in [6.07, 6.45) is 0. The molecule has 0 saturated heterocycles. The molecule has 0 aromatic heterocycles. The van der Waals surface area contributed by atoms with Gasteiger partial charge in [0.2, 0.25) is 0 Å². The monoisotopic (exact) mass is 280 g/mol. The topological polar surface area (TPSA) is 6.48 Å². The van der Waals surface area contributed by atoms with E-state index in [0.717, 1.165) is 0 Å². The maximum atomic E-state index is 2.40. The molecule has 0 aliphatic rings. The molecule has 0 amide bonds. The Morgan fingerprint density at radius 2 is 0.833 bits per heavy atom. The Bertz CT molecular complexity index is 356. The first-order valence-electron chi connectivity index (χ1n) is 6.56. The fraction of sp³-hybridized carbons (Fsp3) is 0.571. The van der Waals surface area contributed by atoms with E-state index in [4.69, 9.17) is 0 Å². The average Bonchev–Trinajstić information content (AvgIpc) is 2.28. The predicted molar refractivity (Wildman–Crippen MR) is 88.0 cm³/mol. The zero-order valence-electron chi connectivity index (χ0n) is 13.2. The molecule has 18 heavy (non-hydrogen) atoms. The van der Waals surface area contributed by atoms with Crippen LogP contribution in [0.25, 0.3) is 0 Å². The van der Waals surface area contributed by atoms with Crippen molar-refractivity contribution < 1.29 is 0 Å². The van der Waals surface area contributed by atoms with Crippen molar-refractivity contribution in [3.05, 3.63) is 24.3 Å². The molecule has 0 heterocycles. The molecule has 0 bridgehead atoms. The summed E-state index contributed by atoms with van der Waals surface area (Å²) >= 11 is 0. The van der Waals surface area contributed by atoms with Crippen molar-refractivity contribution >= 4 is 26.8 Å². The van der Waals surface area contributed by atoms with Gasteiger partial charge in [0.1, 0.15) is 0 Å². The van der Waals surface area contributed by atoms with Crippen LogP contribution >= 0.6 is 0 Å². The first-order chi connectivity index (χ1) is 8.10. The van der Waals surface area contributed by atoms with Crippen molar-refractivity contribution in [3.8, 4) is 0 Å². The van der Waals surface area contributed by atoms with Gasteiger partial charge >= 0.3 is 0 Å². The second kappa shape index (κ2) is 5.29. The zero-order valence-corrected chi connectivity index (χ0v) is 15.2. The van der Waals surface area contributed by atoms with Crippen molar-refractivity contribution in [1.29, 1.82) is 0 Å². The molecule has 0 N–H and O–H groups in total. The third-order valence-electron chi connectivity index (χ3n) is 4.53. The van der Waals surface area contributed by atoms with Gasteiger partial charge in [-0.15, -0.1) is 0 Å². The van der Waals surface area contributed by atoms with Crippen LogP contribution in [0.5, 0.6) is 0 Å². The molecular weight excluding hydrogens is 252 g/mol. The molecule has 1 rings (SSSR count). The van der Waals surface area contributed by atoms with Crippen LogP contribution in [0.1, 0.15) is 0 Å². The molecule has 0 unspecified atom stereocenters. The Morgan fingerprint density at radius 1 is 0.611 bits per heavy atom. The summed E-state index contributed by atoms with van der Waals surface area (Å²) in [6.45, 7) is 9.60. The molecule has 0 aliphatic carbocycles. The number of hydrogen-bond donors (Lipinski definition) is 0. The number of rotatable bonds is 4. The number of benzene rings is 1. The van der Waals surface area contributed by atoms with Gasteiger partial charge in [-0.25, -0.2) is 0 Å². The summed E-state index contributed by atoms with van der Waals surface area (Å²) in [7, 11) is 5.91. The van der Waals surface area contributed by atoms with Crippen molar-refractivity contribution in [1.82, 2.24) is 9.13 Å². The van der Waals surface area contributed by atoms with E-state index in [2.05, 4.69) is 87.8 Å². The first-order valence-corrected chi connectivity index (χ1v) is 12.5. The molecule has 1 aromatic rings. The molecule has 0 saturated carbocycles. The number of hydrogen-bond acceptors (Lipinski definition) is 2. The smallest absolute Gasteiger partial charge is 0.153 e. The fourth-order valence-corrected chi connectivity index (χ4v) is 4.80. The van der Waals surface area contributed by atoms with Gasteiger partial charge in [-0.3, -0.25) is 0 Å². The summed E-state index contributed by atoms with van der Waals surface area (Å²) in [5, 5.41) is 3.03. The molecule has 0 aliphatic heterocycles. The van der Waals surface area contributed by atoms with E-state index in [0.29, 0.717) is 0 Å². The largest absolute Gasteiger partial charge is 0.326 e. The van der Waals surface area contributed by atoms with E-state index in [-0.39, 0.29) is 0 Å².